The van der Waals surface area contributed by atoms with Crippen molar-refractivity contribution in [2.75, 3.05) is 45.0 Å². The summed E-state index contributed by atoms with van der Waals surface area (Å²) < 4.78 is 16.4. The van der Waals surface area contributed by atoms with Crippen molar-refractivity contribution >= 4 is 17.5 Å². The van der Waals surface area contributed by atoms with Crippen LogP contribution in [0.2, 0.25) is 0 Å². The Balaban J connectivity index is 1.44. The second kappa shape index (κ2) is 8.93. The van der Waals surface area contributed by atoms with E-state index in [1.165, 1.54) is 4.90 Å². The Kier molecular flexibility index (Phi) is 5.92. The van der Waals surface area contributed by atoms with Crippen LogP contribution in [0.25, 0.3) is 0 Å². The molecule has 8 nitrogen and oxygen atoms in total. The number of carbonyl (C=O) groups is 2. The molecule has 2 aliphatic rings. The first kappa shape index (κ1) is 19.2. The molecule has 152 valence electrons. The lowest BCUT2D eigenvalue weighted by Crippen LogP contribution is -3.15. The van der Waals surface area contributed by atoms with Crippen molar-refractivity contribution in [3.05, 3.63) is 54.1 Å². The lowest BCUT2D eigenvalue weighted by molar-refractivity contribution is -0.937. The van der Waals surface area contributed by atoms with Crippen LogP contribution in [0, 0.1) is 0 Å². The van der Waals surface area contributed by atoms with Gasteiger partial charge in [0.25, 0.3) is 0 Å². The number of fused-ring (bicyclic) bond motifs is 1. The van der Waals surface area contributed by atoms with Gasteiger partial charge in [0.15, 0.2) is 11.5 Å². The van der Waals surface area contributed by atoms with Gasteiger partial charge in [0, 0.05) is 11.3 Å². The molecule has 1 fully saturated rings. The van der Waals surface area contributed by atoms with Crippen molar-refractivity contribution in [2.45, 2.75) is 6.04 Å². The Morgan fingerprint density at radius 3 is 2.52 bits per heavy atom. The summed E-state index contributed by atoms with van der Waals surface area (Å²) in [5.74, 6) is 0.0777. The van der Waals surface area contributed by atoms with Gasteiger partial charge in [0.05, 0.1) is 19.8 Å². The highest BCUT2D eigenvalue weighted by Crippen LogP contribution is 2.33. The van der Waals surface area contributed by atoms with Gasteiger partial charge in [-0.15, -0.1) is 0 Å². The maximum Gasteiger partial charge on any atom is 0.313 e. The van der Waals surface area contributed by atoms with Gasteiger partial charge < -0.3 is 29.7 Å². The molecule has 2 aromatic rings. The molecule has 1 saturated heterocycles. The predicted octanol–water partition coefficient (Wildman–Crippen LogP) is 0.126. The molecule has 3 N–H and O–H groups in total. The van der Waals surface area contributed by atoms with Gasteiger partial charge in [0.1, 0.15) is 19.1 Å². The van der Waals surface area contributed by atoms with Crippen LogP contribution in [-0.2, 0) is 14.3 Å². The number of hydrogen-bond donors (Lipinski definition) is 3. The van der Waals surface area contributed by atoms with Crippen molar-refractivity contribution in [3.63, 3.8) is 0 Å². The van der Waals surface area contributed by atoms with E-state index in [4.69, 9.17) is 14.2 Å². The van der Waals surface area contributed by atoms with Crippen LogP contribution in [0.15, 0.2) is 48.5 Å². The number of rotatable bonds is 5. The minimum atomic E-state index is -0.683. The first-order valence-corrected chi connectivity index (χ1v) is 9.67. The van der Waals surface area contributed by atoms with E-state index in [1.807, 2.05) is 24.3 Å². The summed E-state index contributed by atoms with van der Waals surface area (Å²) in [6.45, 7) is 3.52. The quantitative estimate of drug-likeness (QED) is 0.623. The molecule has 29 heavy (non-hydrogen) atoms. The number of carbonyl (C=O) groups excluding carboxylic acids is 2. The SMILES string of the molecule is O=C(NC[C@@H](c1ccc2c(c1)OCO2)[NH+]1CCOCC1)C(=O)Nc1ccccc1. The third-order valence-corrected chi connectivity index (χ3v) is 5.13. The van der Waals surface area contributed by atoms with Crippen LogP contribution in [0.3, 0.4) is 0 Å². The number of nitrogens with one attached hydrogen (secondary N) is 3. The molecule has 0 radical (unpaired) electrons. The summed E-state index contributed by atoms with van der Waals surface area (Å²) in [5, 5.41) is 5.39. The fraction of sp³-hybridized carbons (Fsp3) is 0.333. The maximum atomic E-state index is 12.4. The molecular formula is C21H24N3O5+. The normalized spacial score (nSPS) is 16.8. The molecule has 2 aromatic carbocycles. The molecule has 0 saturated carbocycles. The molecular weight excluding hydrogens is 374 g/mol. The largest absolute Gasteiger partial charge is 0.454 e. The highest BCUT2D eigenvalue weighted by Gasteiger charge is 2.29. The molecule has 2 aliphatic heterocycles. The van der Waals surface area contributed by atoms with Crippen LogP contribution < -0.4 is 25.0 Å². The van der Waals surface area contributed by atoms with E-state index in [0.29, 0.717) is 31.2 Å². The summed E-state index contributed by atoms with van der Waals surface area (Å²) in [7, 11) is 0. The third kappa shape index (κ3) is 4.67. The highest BCUT2D eigenvalue weighted by molar-refractivity contribution is 6.39. The van der Waals surface area contributed by atoms with Gasteiger partial charge >= 0.3 is 11.8 Å². The van der Waals surface area contributed by atoms with Gasteiger partial charge in [-0.1, -0.05) is 18.2 Å². The van der Waals surface area contributed by atoms with Crippen molar-refractivity contribution in [1.29, 1.82) is 0 Å². The van der Waals surface area contributed by atoms with E-state index in [1.54, 1.807) is 24.3 Å². The zero-order valence-corrected chi connectivity index (χ0v) is 16.0. The summed E-state index contributed by atoms with van der Waals surface area (Å²) in [4.78, 5) is 25.8. The van der Waals surface area contributed by atoms with Crippen LogP contribution in [0.4, 0.5) is 5.69 Å². The summed E-state index contributed by atoms with van der Waals surface area (Å²) in [5.41, 5.74) is 1.61. The monoisotopic (exact) mass is 398 g/mol. The van der Waals surface area contributed by atoms with E-state index < -0.39 is 11.8 Å². The second-order valence-electron chi connectivity index (χ2n) is 6.97. The minimum Gasteiger partial charge on any atom is -0.454 e. The van der Waals surface area contributed by atoms with Crippen molar-refractivity contribution in [3.8, 4) is 11.5 Å². The average molecular weight is 398 g/mol. The lowest BCUT2D eigenvalue weighted by Gasteiger charge is -2.32. The first-order chi connectivity index (χ1) is 14.2. The number of quaternary nitrogens is 1. The number of hydrogen-bond acceptors (Lipinski definition) is 5. The summed E-state index contributed by atoms with van der Waals surface area (Å²) >= 11 is 0. The predicted molar refractivity (Wildman–Crippen MR) is 105 cm³/mol. The van der Waals surface area contributed by atoms with E-state index in [-0.39, 0.29) is 12.8 Å². The van der Waals surface area contributed by atoms with E-state index in [9.17, 15) is 9.59 Å². The Bertz CT molecular complexity index is 868. The fourth-order valence-electron chi connectivity index (χ4n) is 3.59. The van der Waals surface area contributed by atoms with Gasteiger partial charge in [-0.05, 0) is 30.3 Å². The zero-order valence-electron chi connectivity index (χ0n) is 16.0. The van der Waals surface area contributed by atoms with E-state index in [0.717, 1.165) is 24.4 Å². The Morgan fingerprint density at radius 2 is 1.72 bits per heavy atom. The number of amides is 2. The van der Waals surface area contributed by atoms with E-state index >= 15 is 0 Å². The van der Waals surface area contributed by atoms with Gasteiger partial charge in [0.2, 0.25) is 6.79 Å². The number of para-hydroxylation sites is 1. The van der Waals surface area contributed by atoms with Crippen LogP contribution >= 0.6 is 0 Å². The second-order valence-corrected chi connectivity index (χ2v) is 6.97. The Morgan fingerprint density at radius 1 is 0.966 bits per heavy atom. The van der Waals surface area contributed by atoms with Gasteiger partial charge in [-0.3, -0.25) is 9.59 Å². The molecule has 0 unspecified atom stereocenters. The van der Waals surface area contributed by atoms with Crippen LogP contribution in [-0.4, -0.2) is 51.5 Å². The van der Waals surface area contributed by atoms with Crippen molar-refractivity contribution < 1.29 is 28.7 Å². The zero-order chi connectivity index (χ0) is 20.1. The topological polar surface area (TPSA) is 90.3 Å². The summed E-state index contributed by atoms with van der Waals surface area (Å²) in [6.07, 6.45) is 0. The standard InChI is InChI=1S/C21H23N3O5/c25-20(21(26)23-16-4-2-1-3-5-16)22-13-17(24-8-10-27-11-9-24)15-6-7-18-19(12-15)29-14-28-18/h1-7,12,17H,8-11,13-14H2,(H,22,25)(H,23,26)/p+1/t17-/m0/s1. The number of benzene rings is 2. The molecule has 0 spiro atoms. The number of anilines is 1. The Hall–Kier alpha value is -3.10. The molecule has 2 amide bonds. The fourth-order valence-corrected chi connectivity index (χ4v) is 3.59. The third-order valence-electron chi connectivity index (χ3n) is 5.13. The van der Waals surface area contributed by atoms with Gasteiger partial charge in [-0.2, -0.15) is 0 Å². The van der Waals surface area contributed by atoms with Gasteiger partial charge in [-0.25, -0.2) is 0 Å². The molecule has 2 heterocycles. The Labute approximate surface area is 168 Å². The first-order valence-electron chi connectivity index (χ1n) is 9.67. The average Bonchev–Trinajstić information content (AvgIpc) is 3.23. The van der Waals surface area contributed by atoms with Crippen LogP contribution in [0.1, 0.15) is 11.6 Å². The molecule has 0 aliphatic carbocycles. The minimum absolute atomic E-state index is 0.0260. The van der Waals surface area contributed by atoms with E-state index in [2.05, 4.69) is 10.6 Å². The summed E-state index contributed by atoms with van der Waals surface area (Å²) in [6, 6.07) is 14.7. The highest BCUT2D eigenvalue weighted by atomic mass is 16.7. The van der Waals surface area contributed by atoms with Crippen LogP contribution in [0.5, 0.6) is 11.5 Å². The lowest BCUT2D eigenvalue weighted by atomic mass is 10.0. The molecule has 0 aromatic heterocycles. The maximum absolute atomic E-state index is 12.4. The molecule has 1 atom stereocenters. The molecule has 4 rings (SSSR count). The number of morpholine rings is 1. The number of ether oxygens (including phenoxy) is 3. The van der Waals surface area contributed by atoms with Crippen molar-refractivity contribution in [2.24, 2.45) is 0 Å². The molecule has 8 heteroatoms. The molecule has 0 bridgehead atoms. The smallest absolute Gasteiger partial charge is 0.313 e. The van der Waals surface area contributed by atoms with Crippen molar-refractivity contribution in [1.82, 2.24) is 5.32 Å².